The molecule has 1 aromatic rings. The third-order valence-electron chi connectivity index (χ3n) is 2.58. The Morgan fingerprint density at radius 1 is 1.38 bits per heavy atom. The maximum Gasteiger partial charge on any atom is 0.934 e. The number of rotatable bonds is 2. The minimum absolute atomic E-state index is 0.551. The van der Waals surface area contributed by atoms with Gasteiger partial charge in [0.25, 0.3) is 0 Å². The van der Waals surface area contributed by atoms with Crippen LogP contribution in [0.25, 0.3) is 6.08 Å². The Bertz CT molecular complexity index is 484. The lowest BCUT2D eigenvalue weighted by Gasteiger charge is -1.99. The highest BCUT2D eigenvalue weighted by Gasteiger charge is 2.42. The summed E-state index contributed by atoms with van der Waals surface area (Å²) in [5.41, 5.74) is 2.80. The monoisotopic (exact) mass is 221 g/mol. The van der Waals surface area contributed by atoms with Crippen LogP contribution in [0, 0.1) is 0 Å². The SMILES string of the molecule is CC1=CC(C)=[N+](B(F)F)/C1=C\c1ccc[nH]1. The van der Waals surface area contributed by atoms with Crippen LogP contribution in [-0.2, 0) is 0 Å². The smallest absolute Gasteiger partial charge is 0.361 e. The summed E-state index contributed by atoms with van der Waals surface area (Å²) < 4.78 is 26.8. The second-order valence-corrected chi connectivity index (χ2v) is 3.77. The first-order valence-electron chi connectivity index (χ1n) is 5.04. The zero-order chi connectivity index (χ0) is 11.7. The van der Waals surface area contributed by atoms with Crippen molar-refractivity contribution in [3.63, 3.8) is 0 Å². The fourth-order valence-electron chi connectivity index (χ4n) is 1.86. The molecule has 0 atom stereocenters. The largest absolute Gasteiger partial charge is 0.934 e. The van der Waals surface area contributed by atoms with Crippen molar-refractivity contribution in [2.75, 3.05) is 0 Å². The second-order valence-electron chi connectivity index (χ2n) is 3.77. The second kappa shape index (κ2) is 4.08. The first-order chi connectivity index (χ1) is 7.59. The fraction of sp³-hybridized carbons (Fsp3) is 0.182. The Morgan fingerprint density at radius 3 is 2.69 bits per heavy atom. The Balaban J connectivity index is 2.44. The molecule has 0 bridgehead atoms. The highest BCUT2D eigenvalue weighted by molar-refractivity contribution is 6.35. The molecule has 82 valence electrons. The van der Waals surface area contributed by atoms with Crippen LogP contribution in [0.2, 0.25) is 0 Å². The molecule has 1 aliphatic heterocycles. The van der Waals surface area contributed by atoms with E-state index in [1.165, 1.54) is 0 Å². The molecular weight excluding hydrogens is 209 g/mol. The van der Waals surface area contributed by atoms with E-state index in [-0.39, 0.29) is 0 Å². The number of H-pyrrole nitrogens is 1. The normalized spacial score (nSPS) is 18.2. The summed E-state index contributed by atoms with van der Waals surface area (Å²) in [7, 11) is -2.50. The Kier molecular flexibility index (Phi) is 2.77. The summed E-state index contributed by atoms with van der Waals surface area (Å²) in [4.78, 5) is 2.97. The van der Waals surface area contributed by atoms with Gasteiger partial charge in [0.1, 0.15) is 0 Å². The molecule has 0 radical (unpaired) electrons. The molecule has 0 saturated carbocycles. The summed E-state index contributed by atoms with van der Waals surface area (Å²) in [5.74, 6) is 0. The van der Waals surface area contributed by atoms with Crippen LogP contribution in [0.5, 0.6) is 0 Å². The average Bonchev–Trinajstić information content (AvgIpc) is 2.76. The molecule has 5 heteroatoms. The minimum Gasteiger partial charge on any atom is -0.361 e. The van der Waals surface area contributed by atoms with Crippen molar-refractivity contribution in [2.45, 2.75) is 13.8 Å². The van der Waals surface area contributed by atoms with E-state index in [0.29, 0.717) is 11.4 Å². The summed E-state index contributed by atoms with van der Waals surface area (Å²) in [6, 6.07) is 3.68. The molecule has 2 heterocycles. The minimum atomic E-state index is -2.50. The molecule has 0 unspecified atom stereocenters. The number of hydrogen-bond donors (Lipinski definition) is 1. The van der Waals surface area contributed by atoms with E-state index in [1.54, 1.807) is 25.3 Å². The number of aromatic amines is 1. The lowest BCUT2D eigenvalue weighted by molar-refractivity contribution is -0.342. The zero-order valence-electron chi connectivity index (χ0n) is 9.17. The molecule has 2 nitrogen and oxygen atoms in total. The van der Waals surface area contributed by atoms with E-state index in [1.807, 2.05) is 19.1 Å². The van der Waals surface area contributed by atoms with E-state index in [9.17, 15) is 8.63 Å². The van der Waals surface area contributed by atoms with Gasteiger partial charge in [0.2, 0.25) is 0 Å². The molecule has 1 aliphatic rings. The third kappa shape index (κ3) is 1.85. The van der Waals surface area contributed by atoms with E-state index < -0.39 is 7.40 Å². The fourth-order valence-corrected chi connectivity index (χ4v) is 1.86. The van der Waals surface area contributed by atoms with Crippen LogP contribution in [0.3, 0.4) is 0 Å². The van der Waals surface area contributed by atoms with Gasteiger partial charge in [-0.1, -0.05) is 0 Å². The maximum atomic E-state index is 12.9. The van der Waals surface area contributed by atoms with Gasteiger partial charge in [0.15, 0.2) is 11.4 Å². The van der Waals surface area contributed by atoms with Crippen LogP contribution in [0.15, 0.2) is 35.7 Å². The molecule has 0 fully saturated rings. The van der Waals surface area contributed by atoms with Crippen LogP contribution in [-0.4, -0.2) is 22.6 Å². The molecule has 0 amide bonds. The number of hydrogen-bond acceptors (Lipinski definition) is 0. The van der Waals surface area contributed by atoms with Gasteiger partial charge in [-0.05, 0) is 19.1 Å². The van der Waals surface area contributed by atoms with Gasteiger partial charge in [-0.2, -0.15) is 0 Å². The summed E-state index contributed by atoms with van der Waals surface area (Å²) in [6.07, 6.45) is 5.26. The first-order valence-corrected chi connectivity index (χ1v) is 5.04. The molecule has 0 aliphatic carbocycles. The Hall–Kier alpha value is -1.65. The van der Waals surface area contributed by atoms with Crippen molar-refractivity contribution in [2.24, 2.45) is 0 Å². The zero-order valence-corrected chi connectivity index (χ0v) is 9.17. The van der Waals surface area contributed by atoms with Crippen molar-refractivity contribution >= 4 is 19.2 Å². The predicted octanol–water partition coefficient (Wildman–Crippen LogP) is 2.71. The van der Waals surface area contributed by atoms with Gasteiger partial charge in [-0.15, -0.1) is 0 Å². The quantitative estimate of drug-likeness (QED) is 0.740. The Morgan fingerprint density at radius 2 is 2.12 bits per heavy atom. The number of nitrogens with zero attached hydrogens (tertiary/aromatic N) is 1. The van der Waals surface area contributed by atoms with Crippen molar-refractivity contribution in [3.8, 4) is 0 Å². The van der Waals surface area contributed by atoms with Crippen LogP contribution < -0.4 is 0 Å². The molecular formula is C11H12BF2N2+. The van der Waals surface area contributed by atoms with Gasteiger partial charge in [0, 0.05) is 36.5 Å². The molecule has 0 spiro atoms. The molecule has 2 rings (SSSR count). The summed E-state index contributed by atoms with van der Waals surface area (Å²) in [6.45, 7) is 3.52. The average molecular weight is 221 g/mol. The van der Waals surface area contributed by atoms with E-state index in [4.69, 9.17) is 0 Å². The van der Waals surface area contributed by atoms with Crippen LogP contribution in [0.4, 0.5) is 8.63 Å². The molecule has 0 aromatic carbocycles. The molecule has 1 N–H and O–H groups in total. The van der Waals surface area contributed by atoms with Gasteiger partial charge in [0.05, 0.1) is 0 Å². The maximum absolute atomic E-state index is 12.9. The van der Waals surface area contributed by atoms with Crippen molar-refractivity contribution < 1.29 is 13.1 Å². The third-order valence-corrected chi connectivity index (χ3v) is 2.58. The molecule has 16 heavy (non-hydrogen) atoms. The lowest BCUT2D eigenvalue weighted by Crippen LogP contribution is -2.23. The highest BCUT2D eigenvalue weighted by atomic mass is 19.2. The molecule has 1 aromatic heterocycles. The molecule has 0 saturated heterocycles. The number of halogens is 2. The number of nitrogens with one attached hydrogen (secondary N) is 1. The number of aromatic nitrogens is 1. The van der Waals surface area contributed by atoms with Crippen molar-refractivity contribution in [3.05, 3.63) is 41.4 Å². The summed E-state index contributed by atoms with van der Waals surface area (Å²) in [5, 5.41) is 0. The first kappa shape index (κ1) is 10.9. The van der Waals surface area contributed by atoms with E-state index in [2.05, 4.69) is 4.98 Å². The van der Waals surface area contributed by atoms with Crippen LogP contribution in [0.1, 0.15) is 19.5 Å². The topological polar surface area (TPSA) is 18.8 Å². The van der Waals surface area contributed by atoms with Crippen molar-refractivity contribution in [1.82, 2.24) is 4.98 Å². The van der Waals surface area contributed by atoms with Gasteiger partial charge in [-0.25, -0.2) is 13.1 Å². The Labute approximate surface area is 93.2 Å². The van der Waals surface area contributed by atoms with E-state index >= 15 is 0 Å². The predicted molar refractivity (Wildman–Crippen MR) is 61.4 cm³/mol. The number of allylic oxidation sites excluding steroid dienone is 2. The van der Waals surface area contributed by atoms with Gasteiger partial charge >= 0.3 is 7.40 Å². The van der Waals surface area contributed by atoms with Crippen LogP contribution >= 0.6 is 0 Å². The lowest BCUT2D eigenvalue weighted by atomic mass is 10.1. The van der Waals surface area contributed by atoms with Gasteiger partial charge in [-0.3, -0.25) is 0 Å². The summed E-state index contributed by atoms with van der Waals surface area (Å²) >= 11 is 0. The highest BCUT2D eigenvalue weighted by Crippen LogP contribution is 2.22. The van der Waals surface area contributed by atoms with E-state index in [0.717, 1.165) is 15.8 Å². The van der Waals surface area contributed by atoms with Gasteiger partial charge < -0.3 is 4.98 Å². The van der Waals surface area contributed by atoms with Crippen molar-refractivity contribution in [1.29, 1.82) is 0 Å². The standard InChI is InChI=1S/C11H11BF2N2/c1-8-6-9(2)16(12(13)14)11(8)7-10-4-3-5-15-10/h3-7H,1-2H3/p+1.